The van der Waals surface area contributed by atoms with Crippen LogP contribution in [0.5, 0.6) is 0 Å². The summed E-state index contributed by atoms with van der Waals surface area (Å²) in [6.07, 6.45) is 2.64. The molecule has 2 aromatic rings. The van der Waals surface area contributed by atoms with Gasteiger partial charge >= 0.3 is 6.09 Å². The Hall–Kier alpha value is -2.21. The van der Waals surface area contributed by atoms with Crippen LogP contribution >= 0.6 is 0 Å². The van der Waals surface area contributed by atoms with E-state index in [-0.39, 0.29) is 6.04 Å². The smallest absolute Gasteiger partial charge is 0.409 e. The Morgan fingerprint density at radius 1 is 1.25 bits per heavy atom. The molecule has 0 bridgehead atoms. The summed E-state index contributed by atoms with van der Waals surface area (Å²) in [6, 6.07) is 11.8. The molecule has 1 aliphatic heterocycles. The van der Waals surface area contributed by atoms with Gasteiger partial charge in [0.1, 0.15) is 5.60 Å². The number of nitrogens with two attached hydrogens (primary N) is 1. The molecule has 1 amide bonds. The van der Waals surface area contributed by atoms with E-state index in [1.165, 1.54) is 11.9 Å². The number of carbonyl (C=O) groups excluding carboxylic acids is 1. The van der Waals surface area contributed by atoms with Crippen molar-refractivity contribution >= 4 is 21.8 Å². The molecule has 1 saturated heterocycles. The van der Waals surface area contributed by atoms with Gasteiger partial charge in [0, 0.05) is 11.8 Å². The maximum Gasteiger partial charge on any atom is 0.409 e. The van der Waals surface area contributed by atoms with E-state index in [1.807, 2.05) is 68.0 Å². The second kappa shape index (κ2) is 8.86. The summed E-state index contributed by atoms with van der Waals surface area (Å²) in [4.78, 5) is 14.1. The van der Waals surface area contributed by atoms with Crippen molar-refractivity contribution in [1.82, 2.24) is 14.7 Å². The molecule has 4 radical (unpaired) electrons. The minimum absolute atomic E-state index is 0.164. The first kappa shape index (κ1) is 22.1. The second-order valence-electron chi connectivity index (χ2n) is 7.82. The van der Waals surface area contributed by atoms with Crippen molar-refractivity contribution in [3.05, 3.63) is 42.6 Å². The van der Waals surface area contributed by atoms with Gasteiger partial charge in [0.25, 0.3) is 0 Å². The van der Waals surface area contributed by atoms with Crippen LogP contribution in [0.2, 0.25) is 0 Å². The van der Waals surface area contributed by atoms with Gasteiger partial charge in [0.2, 0.25) is 0 Å². The van der Waals surface area contributed by atoms with E-state index in [1.54, 1.807) is 0 Å². The van der Waals surface area contributed by atoms with E-state index >= 15 is 0 Å². The molecule has 1 aromatic carbocycles. The Bertz CT molecular complexity index is 772. The highest BCUT2D eigenvalue weighted by Crippen LogP contribution is 2.32. The average Bonchev–Trinajstić information content (AvgIpc) is 3.20. The van der Waals surface area contributed by atoms with E-state index in [2.05, 4.69) is 10.8 Å². The number of hydrogen-bond donors (Lipinski definition) is 1. The number of rotatable bonds is 3. The van der Waals surface area contributed by atoms with E-state index in [0.717, 1.165) is 11.3 Å². The molecular weight excluding hydrogens is 350 g/mol. The van der Waals surface area contributed by atoms with Gasteiger partial charge in [-0.15, -0.1) is 0 Å². The lowest BCUT2D eigenvalue weighted by atomic mass is 9.60. The van der Waals surface area contributed by atoms with Crippen LogP contribution in [0.4, 0.5) is 4.79 Å². The molecule has 1 aliphatic rings. The third-order valence-electron chi connectivity index (χ3n) is 4.39. The first-order valence-electron chi connectivity index (χ1n) is 9.42. The largest absolute Gasteiger partial charge is 0.444 e. The average molecular weight is 378 g/mol. The first-order chi connectivity index (χ1) is 13.2. The fourth-order valence-electron chi connectivity index (χ4n) is 3.23. The first-order valence-corrected chi connectivity index (χ1v) is 9.42. The minimum atomic E-state index is -1.21. The van der Waals surface area contributed by atoms with Crippen molar-refractivity contribution in [1.29, 1.82) is 0 Å². The van der Waals surface area contributed by atoms with Gasteiger partial charge in [0.15, 0.2) is 0 Å². The Balaban J connectivity index is 0.00000136. The molecule has 1 atom stereocenters. The van der Waals surface area contributed by atoms with Gasteiger partial charge < -0.3 is 15.4 Å². The molecule has 2 N–H and O–H groups in total. The van der Waals surface area contributed by atoms with Crippen LogP contribution in [-0.2, 0) is 11.3 Å². The molecule has 0 spiro atoms. The highest BCUT2D eigenvalue weighted by Gasteiger charge is 2.43. The van der Waals surface area contributed by atoms with Crippen LogP contribution < -0.4 is 5.73 Å². The topological polar surface area (TPSA) is 73.4 Å². The van der Waals surface area contributed by atoms with Gasteiger partial charge in [-0.05, 0) is 52.1 Å². The zero-order chi connectivity index (χ0) is 20.9. The molecular formula is C20H28B2N4O2. The van der Waals surface area contributed by atoms with Crippen LogP contribution in [0.25, 0.3) is 11.3 Å². The van der Waals surface area contributed by atoms with Crippen molar-refractivity contribution < 1.29 is 9.53 Å². The summed E-state index contributed by atoms with van der Waals surface area (Å²) in [5, 5.41) is 3.41. The summed E-state index contributed by atoms with van der Waals surface area (Å²) in [5.41, 5.74) is 5.83. The zero-order valence-corrected chi connectivity index (χ0v) is 17.1. The van der Waals surface area contributed by atoms with Crippen molar-refractivity contribution in [2.45, 2.75) is 57.1 Å². The number of carbonyl (C=O) groups is 1. The van der Waals surface area contributed by atoms with Crippen LogP contribution in [-0.4, -0.2) is 60.5 Å². The quantitative estimate of drug-likeness (QED) is 0.834. The highest BCUT2D eigenvalue weighted by molar-refractivity contribution is 6.41. The fraction of sp³-hybridized carbons (Fsp3) is 0.500. The van der Waals surface area contributed by atoms with Crippen molar-refractivity contribution in [2.24, 2.45) is 5.73 Å². The number of nitrogens with zero attached hydrogens (tertiary/aromatic N) is 3. The molecule has 1 fully saturated rings. The molecule has 6 nitrogen and oxygen atoms in total. The van der Waals surface area contributed by atoms with Crippen molar-refractivity contribution in [3.8, 4) is 11.3 Å². The molecule has 8 heteroatoms. The van der Waals surface area contributed by atoms with E-state index < -0.39 is 17.0 Å². The van der Waals surface area contributed by atoms with Crippen LogP contribution in [0.1, 0.15) is 33.6 Å². The van der Waals surface area contributed by atoms with E-state index in [0.29, 0.717) is 19.4 Å². The third kappa shape index (κ3) is 5.41. The van der Waals surface area contributed by atoms with Gasteiger partial charge in [-0.3, -0.25) is 4.68 Å². The van der Waals surface area contributed by atoms with Crippen molar-refractivity contribution in [2.75, 3.05) is 7.05 Å². The number of benzene rings is 1. The molecule has 146 valence electrons. The van der Waals surface area contributed by atoms with E-state index in [9.17, 15) is 4.79 Å². The Labute approximate surface area is 170 Å². The summed E-state index contributed by atoms with van der Waals surface area (Å²) in [7, 11) is 13.8. The predicted octanol–water partition coefficient (Wildman–Crippen LogP) is 2.52. The third-order valence-corrected chi connectivity index (χ3v) is 4.39. The maximum absolute atomic E-state index is 12.6. The van der Waals surface area contributed by atoms with Crippen LogP contribution in [0.15, 0.2) is 42.6 Å². The zero-order valence-electron chi connectivity index (χ0n) is 17.1. The van der Waals surface area contributed by atoms with Crippen LogP contribution in [0.3, 0.4) is 0 Å². The van der Waals surface area contributed by atoms with Gasteiger partial charge in [0.05, 0.1) is 34.0 Å². The Kier molecular flexibility index (Phi) is 6.99. The number of amides is 1. The van der Waals surface area contributed by atoms with Gasteiger partial charge in [-0.2, -0.15) is 5.10 Å². The maximum atomic E-state index is 12.6. The summed E-state index contributed by atoms with van der Waals surface area (Å²) < 4.78 is 7.32. The molecule has 0 aliphatic carbocycles. The normalized spacial score (nSPS) is 18.3. The lowest BCUT2D eigenvalue weighted by Crippen LogP contribution is -2.54. The number of hydrogen-bond acceptors (Lipinski definition) is 4. The predicted molar refractivity (Wildman–Crippen MR) is 113 cm³/mol. The summed E-state index contributed by atoms with van der Waals surface area (Å²) in [6.45, 7) is 5.99. The standard InChI is InChI=1S/C19H23B2N3O2.CH5N/c1-18(2,3)26-17(25)24-15(9-11-19(24,20)21)13-23-12-10-16(22-23)14-7-5-4-6-8-14;1-2/h4-8,10,12,15H,9,11,13H2,1-3H3;2H2,1H3. The Morgan fingerprint density at radius 3 is 2.50 bits per heavy atom. The Morgan fingerprint density at radius 2 is 1.89 bits per heavy atom. The summed E-state index contributed by atoms with van der Waals surface area (Å²) >= 11 is 0. The molecule has 0 saturated carbocycles. The van der Waals surface area contributed by atoms with E-state index in [4.69, 9.17) is 20.4 Å². The monoisotopic (exact) mass is 378 g/mol. The minimum Gasteiger partial charge on any atom is -0.444 e. The molecule has 1 unspecified atom stereocenters. The lowest BCUT2D eigenvalue weighted by molar-refractivity contribution is 0.0155. The summed E-state index contributed by atoms with van der Waals surface area (Å²) in [5.74, 6) is 0. The molecule has 1 aromatic heterocycles. The fourth-order valence-corrected chi connectivity index (χ4v) is 3.23. The number of ether oxygens (including phenoxy) is 1. The number of likely N-dealkylation sites (tertiary alicyclic amines) is 1. The SMILES string of the molecule is CN.[B]C1([B])CCC(Cn2ccc(-c3ccccc3)n2)N1C(=O)OC(C)(C)C. The van der Waals surface area contributed by atoms with Gasteiger partial charge in [-0.1, -0.05) is 30.3 Å². The second-order valence-corrected chi connectivity index (χ2v) is 7.82. The van der Waals surface area contributed by atoms with Gasteiger partial charge in [-0.25, -0.2) is 4.79 Å². The lowest BCUT2D eigenvalue weighted by Gasteiger charge is -2.38. The highest BCUT2D eigenvalue weighted by atomic mass is 16.6. The molecule has 2 heterocycles. The molecule has 28 heavy (non-hydrogen) atoms. The van der Waals surface area contributed by atoms with Crippen molar-refractivity contribution in [3.63, 3.8) is 0 Å². The van der Waals surface area contributed by atoms with Crippen LogP contribution in [0, 0.1) is 0 Å². The molecule has 3 rings (SSSR count). The number of aromatic nitrogens is 2.